The van der Waals surface area contributed by atoms with Crippen molar-refractivity contribution >= 4 is 11.6 Å². The van der Waals surface area contributed by atoms with Crippen molar-refractivity contribution in [2.75, 3.05) is 7.11 Å². The van der Waals surface area contributed by atoms with E-state index in [4.69, 9.17) is 4.74 Å². The fourth-order valence-corrected chi connectivity index (χ4v) is 5.52. The first kappa shape index (κ1) is 17.6. The Morgan fingerprint density at radius 3 is 2.38 bits per heavy atom. The number of hydrogen-bond donors (Lipinski definition) is 0. The van der Waals surface area contributed by atoms with Gasteiger partial charge in [-0.1, -0.05) is 41.0 Å². The zero-order valence-corrected chi connectivity index (χ0v) is 15.9. The van der Waals surface area contributed by atoms with Gasteiger partial charge in [0, 0.05) is 23.7 Å². The Morgan fingerprint density at radius 2 is 1.79 bits per heavy atom. The van der Waals surface area contributed by atoms with Crippen LogP contribution in [0.4, 0.5) is 0 Å². The molecule has 132 valence electrons. The average Bonchev–Trinajstić information content (AvgIpc) is 2.49. The third kappa shape index (κ3) is 2.35. The van der Waals surface area contributed by atoms with Gasteiger partial charge in [-0.25, -0.2) is 0 Å². The lowest BCUT2D eigenvalue weighted by molar-refractivity contribution is -0.135. The zero-order chi connectivity index (χ0) is 17.9. The first-order chi connectivity index (χ1) is 11.1. The maximum absolute atomic E-state index is 13.1. The summed E-state index contributed by atoms with van der Waals surface area (Å²) < 4.78 is 5.79. The van der Waals surface area contributed by atoms with E-state index in [1.807, 2.05) is 19.9 Å². The second-order valence-electron chi connectivity index (χ2n) is 9.02. The molecule has 24 heavy (non-hydrogen) atoms. The Kier molecular flexibility index (Phi) is 4.15. The number of methoxy groups -OCH3 is 1. The highest BCUT2D eigenvalue weighted by Crippen LogP contribution is 2.60. The van der Waals surface area contributed by atoms with Crippen molar-refractivity contribution in [3.8, 4) is 0 Å². The minimum atomic E-state index is -0.302. The van der Waals surface area contributed by atoms with E-state index in [1.54, 1.807) is 7.11 Å². The lowest BCUT2D eigenvalue weighted by atomic mass is 9.48. The van der Waals surface area contributed by atoms with E-state index in [2.05, 4.69) is 20.8 Å². The summed E-state index contributed by atoms with van der Waals surface area (Å²) in [4.78, 5) is 25.8. The molecule has 0 N–H and O–H groups in total. The van der Waals surface area contributed by atoms with Crippen molar-refractivity contribution < 1.29 is 14.3 Å². The van der Waals surface area contributed by atoms with E-state index in [1.165, 1.54) is 6.42 Å². The molecule has 0 aromatic heterocycles. The van der Waals surface area contributed by atoms with E-state index < -0.39 is 0 Å². The molecular formula is C21H30O3. The summed E-state index contributed by atoms with van der Waals surface area (Å²) in [6.07, 6.45) is 6.09. The summed E-state index contributed by atoms with van der Waals surface area (Å²) in [5.41, 5.74) is 2.32. The van der Waals surface area contributed by atoms with Gasteiger partial charge >= 0.3 is 0 Å². The van der Waals surface area contributed by atoms with E-state index in [-0.39, 0.29) is 34.4 Å². The highest BCUT2D eigenvalue weighted by molar-refractivity contribution is 6.50. The lowest BCUT2D eigenvalue weighted by Gasteiger charge is -2.56. The summed E-state index contributed by atoms with van der Waals surface area (Å²) >= 11 is 0. The number of hydrogen-bond acceptors (Lipinski definition) is 3. The van der Waals surface area contributed by atoms with Crippen LogP contribution in [-0.2, 0) is 14.3 Å². The number of rotatable bonds is 2. The SMILES string of the molecule is COC1CC2C(C)(C)CCCC2(C)C2=C1C=C(C(C)C)C(=O)C2=O. The Morgan fingerprint density at radius 1 is 1.12 bits per heavy atom. The number of carbonyl (C=O) groups is 2. The molecule has 0 aromatic rings. The Balaban J connectivity index is 2.22. The molecule has 0 amide bonds. The zero-order valence-electron chi connectivity index (χ0n) is 15.9. The van der Waals surface area contributed by atoms with Gasteiger partial charge in [-0.3, -0.25) is 9.59 Å². The fourth-order valence-electron chi connectivity index (χ4n) is 5.52. The summed E-state index contributed by atoms with van der Waals surface area (Å²) in [6, 6.07) is 0. The smallest absolute Gasteiger partial charge is 0.230 e. The Bertz CT molecular complexity index is 650. The van der Waals surface area contributed by atoms with Crippen LogP contribution in [0.2, 0.25) is 0 Å². The molecule has 3 unspecified atom stereocenters. The molecular weight excluding hydrogens is 300 g/mol. The van der Waals surface area contributed by atoms with E-state index >= 15 is 0 Å². The topological polar surface area (TPSA) is 43.4 Å². The van der Waals surface area contributed by atoms with Gasteiger partial charge in [0.25, 0.3) is 0 Å². The molecule has 0 aromatic carbocycles. The van der Waals surface area contributed by atoms with Crippen LogP contribution >= 0.6 is 0 Å². The van der Waals surface area contributed by atoms with Gasteiger partial charge in [-0.05, 0) is 48.2 Å². The summed E-state index contributed by atoms with van der Waals surface area (Å²) in [5.74, 6) is -0.151. The molecule has 3 aliphatic rings. The molecule has 3 heteroatoms. The minimum Gasteiger partial charge on any atom is -0.377 e. The van der Waals surface area contributed by atoms with Gasteiger partial charge in [0.15, 0.2) is 0 Å². The van der Waals surface area contributed by atoms with Crippen LogP contribution in [0.1, 0.15) is 60.3 Å². The number of ether oxygens (including phenoxy) is 1. The van der Waals surface area contributed by atoms with Gasteiger partial charge < -0.3 is 4.74 Å². The molecule has 3 atom stereocenters. The van der Waals surface area contributed by atoms with Gasteiger partial charge in [-0.2, -0.15) is 0 Å². The van der Waals surface area contributed by atoms with Gasteiger partial charge in [0.2, 0.25) is 11.6 Å². The number of Topliss-reactive ketones (excluding diaryl/α,β-unsaturated/α-hetero) is 2. The van der Waals surface area contributed by atoms with Crippen LogP contribution in [0.3, 0.4) is 0 Å². The molecule has 1 saturated carbocycles. The molecule has 0 spiro atoms. The highest BCUT2D eigenvalue weighted by atomic mass is 16.5. The number of carbonyl (C=O) groups excluding carboxylic acids is 2. The summed E-state index contributed by atoms with van der Waals surface area (Å²) in [6.45, 7) is 10.8. The molecule has 3 aliphatic carbocycles. The predicted molar refractivity (Wildman–Crippen MR) is 94.6 cm³/mol. The van der Waals surface area contributed by atoms with E-state index in [0.29, 0.717) is 11.5 Å². The first-order valence-corrected chi connectivity index (χ1v) is 9.21. The van der Waals surface area contributed by atoms with Crippen LogP contribution in [-0.4, -0.2) is 24.8 Å². The van der Waals surface area contributed by atoms with Crippen LogP contribution in [0.25, 0.3) is 0 Å². The third-order valence-electron chi connectivity index (χ3n) is 6.80. The molecule has 1 fully saturated rings. The predicted octanol–water partition coefficient (Wildman–Crippen LogP) is 4.27. The van der Waals surface area contributed by atoms with Crippen LogP contribution < -0.4 is 0 Å². The van der Waals surface area contributed by atoms with Crippen LogP contribution in [0.5, 0.6) is 0 Å². The van der Waals surface area contributed by atoms with Gasteiger partial charge in [0.1, 0.15) is 0 Å². The summed E-state index contributed by atoms with van der Waals surface area (Å²) in [5, 5.41) is 0. The minimum absolute atomic E-state index is 0.0568. The first-order valence-electron chi connectivity index (χ1n) is 9.21. The van der Waals surface area contributed by atoms with E-state index in [0.717, 1.165) is 30.4 Å². The normalized spacial score (nSPS) is 35.7. The molecule has 0 bridgehead atoms. The standard InChI is InChI=1S/C21H30O3/c1-12(2)13-10-14-15(24-6)11-16-20(3,4)8-7-9-21(16,5)17(14)19(23)18(13)22/h10,12,15-16H,7-9,11H2,1-6H3. The number of fused-ring (bicyclic) bond motifs is 2. The third-order valence-corrected chi connectivity index (χ3v) is 6.80. The van der Waals surface area contributed by atoms with Crippen molar-refractivity contribution in [2.24, 2.45) is 22.7 Å². The molecule has 0 saturated heterocycles. The maximum Gasteiger partial charge on any atom is 0.230 e. The number of allylic oxidation sites excluding steroid dienone is 2. The second-order valence-corrected chi connectivity index (χ2v) is 9.02. The monoisotopic (exact) mass is 330 g/mol. The van der Waals surface area contributed by atoms with Gasteiger partial charge in [0.05, 0.1) is 6.10 Å². The molecule has 3 rings (SSSR count). The van der Waals surface area contributed by atoms with Crippen molar-refractivity contribution in [3.05, 3.63) is 22.8 Å². The quantitative estimate of drug-likeness (QED) is 0.561. The highest BCUT2D eigenvalue weighted by Gasteiger charge is 2.56. The largest absolute Gasteiger partial charge is 0.377 e. The molecule has 0 heterocycles. The van der Waals surface area contributed by atoms with Crippen molar-refractivity contribution in [3.63, 3.8) is 0 Å². The molecule has 0 radical (unpaired) electrons. The van der Waals surface area contributed by atoms with Crippen molar-refractivity contribution in [1.82, 2.24) is 0 Å². The Hall–Kier alpha value is -1.22. The number of ketones is 2. The van der Waals surface area contributed by atoms with E-state index in [9.17, 15) is 9.59 Å². The van der Waals surface area contributed by atoms with Gasteiger partial charge in [-0.15, -0.1) is 0 Å². The lowest BCUT2D eigenvalue weighted by Crippen LogP contribution is -2.52. The average molecular weight is 330 g/mol. The second kappa shape index (κ2) is 5.66. The fraction of sp³-hybridized carbons (Fsp3) is 0.714. The van der Waals surface area contributed by atoms with Crippen molar-refractivity contribution in [1.29, 1.82) is 0 Å². The van der Waals surface area contributed by atoms with Crippen LogP contribution in [0, 0.1) is 22.7 Å². The Labute approximate surface area is 145 Å². The molecule has 0 aliphatic heterocycles. The summed E-state index contributed by atoms with van der Waals surface area (Å²) in [7, 11) is 1.72. The van der Waals surface area contributed by atoms with Crippen LogP contribution in [0.15, 0.2) is 22.8 Å². The molecule has 3 nitrogen and oxygen atoms in total. The van der Waals surface area contributed by atoms with Crippen molar-refractivity contribution in [2.45, 2.75) is 66.4 Å². The maximum atomic E-state index is 13.1.